The molecule has 122 valence electrons. The third-order valence-electron chi connectivity index (χ3n) is 4.35. The predicted molar refractivity (Wildman–Crippen MR) is 80.3 cm³/mol. The average molecular weight is 300 g/mol. The molecule has 0 radical (unpaired) electrons. The summed E-state index contributed by atoms with van der Waals surface area (Å²) in [4.78, 5) is 25.3. The number of carboxylic acids is 1. The van der Waals surface area contributed by atoms with E-state index in [0.717, 1.165) is 32.1 Å². The molecular formula is C15H28N2O4. The molecule has 0 aromatic rings. The molecular weight excluding hydrogens is 272 g/mol. The van der Waals surface area contributed by atoms with Crippen molar-refractivity contribution < 1.29 is 19.4 Å². The lowest BCUT2D eigenvalue weighted by molar-refractivity contribution is -0.139. The molecule has 0 bridgehead atoms. The summed E-state index contributed by atoms with van der Waals surface area (Å²) in [6.07, 6.45) is 4.20. The van der Waals surface area contributed by atoms with Crippen LogP contribution in [0.5, 0.6) is 0 Å². The van der Waals surface area contributed by atoms with Crippen LogP contribution in [0.3, 0.4) is 0 Å². The molecule has 0 unspecified atom stereocenters. The number of carbonyl (C=O) groups is 2. The first kappa shape index (κ1) is 17.8. The molecule has 1 fully saturated rings. The number of carbonyl (C=O) groups excluding carboxylic acids is 1. The molecule has 2 amide bonds. The maximum Gasteiger partial charge on any atom is 0.318 e. The number of amides is 2. The molecule has 1 rings (SSSR count). The largest absolute Gasteiger partial charge is 0.481 e. The van der Waals surface area contributed by atoms with Gasteiger partial charge >= 0.3 is 12.0 Å². The molecule has 21 heavy (non-hydrogen) atoms. The zero-order valence-electron chi connectivity index (χ0n) is 13.4. The van der Waals surface area contributed by atoms with Crippen molar-refractivity contribution in [1.29, 1.82) is 0 Å². The second-order valence-electron chi connectivity index (χ2n) is 5.79. The van der Waals surface area contributed by atoms with Crippen molar-refractivity contribution in [3.05, 3.63) is 0 Å². The van der Waals surface area contributed by atoms with E-state index in [9.17, 15) is 9.59 Å². The van der Waals surface area contributed by atoms with Crippen molar-refractivity contribution in [2.45, 2.75) is 64.0 Å². The lowest BCUT2D eigenvalue weighted by Crippen LogP contribution is -2.59. The Labute approximate surface area is 126 Å². The molecule has 6 heteroatoms. The fraction of sp³-hybridized carbons (Fsp3) is 0.867. The second-order valence-corrected chi connectivity index (χ2v) is 5.79. The van der Waals surface area contributed by atoms with E-state index in [1.54, 1.807) is 12.0 Å². The van der Waals surface area contributed by atoms with E-state index in [4.69, 9.17) is 9.84 Å². The highest BCUT2D eigenvalue weighted by molar-refractivity contribution is 5.77. The molecule has 0 heterocycles. The summed E-state index contributed by atoms with van der Waals surface area (Å²) in [5.41, 5.74) is -0.555. The summed E-state index contributed by atoms with van der Waals surface area (Å²) in [7, 11) is 1.61. The summed E-state index contributed by atoms with van der Waals surface area (Å²) in [6, 6.07) is -0.0104. The van der Waals surface area contributed by atoms with Gasteiger partial charge in [-0.2, -0.15) is 0 Å². The van der Waals surface area contributed by atoms with E-state index in [0.29, 0.717) is 13.2 Å². The number of nitrogens with one attached hydrogen (secondary N) is 1. The lowest BCUT2D eigenvalue weighted by Gasteiger charge is -2.43. The van der Waals surface area contributed by atoms with Crippen molar-refractivity contribution in [1.82, 2.24) is 10.2 Å². The van der Waals surface area contributed by atoms with Crippen LogP contribution in [0.2, 0.25) is 0 Å². The van der Waals surface area contributed by atoms with E-state index < -0.39 is 11.5 Å². The van der Waals surface area contributed by atoms with Gasteiger partial charge in [0.2, 0.25) is 0 Å². The summed E-state index contributed by atoms with van der Waals surface area (Å²) < 4.78 is 5.08. The Balaban J connectivity index is 2.72. The molecule has 0 spiro atoms. The van der Waals surface area contributed by atoms with Crippen LogP contribution in [0.1, 0.15) is 52.4 Å². The Kier molecular flexibility index (Phi) is 6.95. The van der Waals surface area contributed by atoms with Gasteiger partial charge in [0.05, 0.1) is 18.6 Å². The number of aliphatic carboxylic acids is 1. The Morgan fingerprint density at radius 1 is 1.33 bits per heavy atom. The number of methoxy groups -OCH3 is 1. The van der Waals surface area contributed by atoms with Crippen LogP contribution in [0.15, 0.2) is 0 Å². The van der Waals surface area contributed by atoms with Crippen LogP contribution in [-0.2, 0) is 9.53 Å². The van der Waals surface area contributed by atoms with Crippen LogP contribution in [-0.4, -0.2) is 53.8 Å². The van der Waals surface area contributed by atoms with Gasteiger partial charge in [0.1, 0.15) is 0 Å². The van der Waals surface area contributed by atoms with Gasteiger partial charge in [-0.15, -0.1) is 0 Å². The normalized spacial score (nSPS) is 16.4. The van der Waals surface area contributed by atoms with Gasteiger partial charge in [-0.3, -0.25) is 4.79 Å². The standard InChI is InChI=1S/C15H28N2O4/c1-4-12(5-2)17(9-10-21-3)14(20)16-15(7-6-8-15)11-13(18)19/h12H,4-11H2,1-3H3,(H,16,20)(H,18,19). The van der Waals surface area contributed by atoms with Gasteiger partial charge in [-0.05, 0) is 32.1 Å². The van der Waals surface area contributed by atoms with E-state index >= 15 is 0 Å². The highest BCUT2D eigenvalue weighted by Crippen LogP contribution is 2.35. The lowest BCUT2D eigenvalue weighted by atomic mass is 9.74. The van der Waals surface area contributed by atoms with Gasteiger partial charge < -0.3 is 20.1 Å². The van der Waals surface area contributed by atoms with Crippen molar-refractivity contribution in [3.63, 3.8) is 0 Å². The monoisotopic (exact) mass is 300 g/mol. The molecule has 1 aliphatic rings. The number of nitrogens with zero attached hydrogens (tertiary/aromatic N) is 1. The zero-order chi connectivity index (χ0) is 15.9. The first-order chi connectivity index (χ1) is 9.98. The van der Waals surface area contributed by atoms with Crippen molar-refractivity contribution >= 4 is 12.0 Å². The van der Waals surface area contributed by atoms with Crippen LogP contribution < -0.4 is 5.32 Å². The number of hydrogen-bond acceptors (Lipinski definition) is 3. The maximum atomic E-state index is 12.6. The topological polar surface area (TPSA) is 78.9 Å². The average Bonchev–Trinajstić information content (AvgIpc) is 2.40. The van der Waals surface area contributed by atoms with E-state index in [-0.39, 0.29) is 18.5 Å². The highest BCUT2D eigenvalue weighted by Gasteiger charge is 2.41. The molecule has 1 saturated carbocycles. The van der Waals surface area contributed by atoms with Crippen molar-refractivity contribution in [2.75, 3.05) is 20.3 Å². The SMILES string of the molecule is CCC(CC)N(CCOC)C(=O)NC1(CC(=O)O)CCC1. The molecule has 6 nitrogen and oxygen atoms in total. The molecule has 0 aromatic heterocycles. The van der Waals surface area contributed by atoms with E-state index in [1.165, 1.54) is 0 Å². The highest BCUT2D eigenvalue weighted by atomic mass is 16.5. The Morgan fingerprint density at radius 3 is 2.33 bits per heavy atom. The van der Waals surface area contributed by atoms with Crippen LogP contribution in [0, 0.1) is 0 Å². The number of hydrogen-bond donors (Lipinski definition) is 2. The van der Waals surface area contributed by atoms with Gasteiger partial charge in [0.15, 0.2) is 0 Å². The smallest absolute Gasteiger partial charge is 0.318 e. The number of ether oxygens (including phenoxy) is 1. The van der Waals surface area contributed by atoms with Gasteiger partial charge in [0, 0.05) is 19.7 Å². The molecule has 0 saturated heterocycles. The number of rotatable bonds is 9. The van der Waals surface area contributed by atoms with Crippen molar-refractivity contribution in [3.8, 4) is 0 Å². The molecule has 2 N–H and O–H groups in total. The minimum Gasteiger partial charge on any atom is -0.481 e. The molecule has 0 aliphatic heterocycles. The quantitative estimate of drug-likeness (QED) is 0.684. The van der Waals surface area contributed by atoms with Crippen LogP contribution in [0.25, 0.3) is 0 Å². The fourth-order valence-corrected chi connectivity index (χ4v) is 2.91. The Bertz CT molecular complexity index is 352. The minimum atomic E-state index is -0.860. The van der Waals surface area contributed by atoms with Crippen LogP contribution in [0.4, 0.5) is 4.79 Å². The summed E-state index contributed by atoms with van der Waals surface area (Å²) in [6.45, 7) is 5.11. The third kappa shape index (κ3) is 4.88. The molecule has 0 aromatic carbocycles. The Morgan fingerprint density at radius 2 is 1.95 bits per heavy atom. The number of carboxylic acid groups (broad SMARTS) is 1. The molecule has 0 atom stereocenters. The first-order valence-electron chi connectivity index (χ1n) is 7.77. The van der Waals surface area contributed by atoms with Gasteiger partial charge in [-0.25, -0.2) is 4.79 Å². The second kappa shape index (κ2) is 8.22. The zero-order valence-corrected chi connectivity index (χ0v) is 13.4. The Hall–Kier alpha value is -1.30. The fourth-order valence-electron chi connectivity index (χ4n) is 2.91. The van der Waals surface area contributed by atoms with Gasteiger partial charge in [-0.1, -0.05) is 13.8 Å². The van der Waals surface area contributed by atoms with Gasteiger partial charge in [0.25, 0.3) is 0 Å². The summed E-state index contributed by atoms with van der Waals surface area (Å²) >= 11 is 0. The predicted octanol–water partition coefficient (Wildman–Crippen LogP) is 2.23. The third-order valence-corrected chi connectivity index (χ3v) is 4.35. The van der Waals surface area contributed by atoms with Crippen molar-refractivity contribution in [2.24, 2.45) is 0 Å². The summed E-state index contributed by atoms with van der Waals surface area (Å²) in [5.74, 6) is -0.860. The maximum absolute atomic E-state index is 12.6. The summed E-state index contributed by atoms with van der Waals surface area (Å²) in [5, 5.41) is 12.0. The van der Waals surface area contributed by atoms with E-state index in [1.807, 2.05) is 0 Å². The van der Waals surface area contributed by atoms with E-state index in [2.05, 4.69) is 19.2 Å². The minimum absolute atomic E-state index is 0.000224. The number of urea groups is 1. The molecule has 1 aliphatic carbocycles. The first-order valence-corrected chi connectivity index (χ1v) is 7.77. The van der Waals surface area contributed by atoms with Crippen LogP contribution >= 0.6 is 0 Å².